The lowest BCUT2D eigenvalue weighted by Crippen LogP contribution is -2.40. The number of nitrogens with zero attached hydrogens (tertiary/aromatic N) is 2. The Bertz CT molecular complexity index is 2140. The summed E-state index contributed by atoms with van der Waals surface area (Å²) in [4.78, 5) is 33.2. The van der Waals surface area contributed by atoms with Crippen LogP contribution in [0.4, 0.5) is 0 Å². The van der Waals surface area contributed by atoms with E-state index in [1.807, 2.05) is 84.9 Å². The zero-order valence-electron chi connectivity index (χ0n) is 24.2. The topological polar surface area (TPSA) is 69.9 Å². The standard InChI is InChI=1S/C35H24Cl2I2N2O4S/c1-2-44-34(43)29-30(21-9-5-3-6-10-21)40-35-41(31(29)22-11-7-4-8-12-22)33(42)28(46-35)17-20-15-26(38)32(27(39)16-20)45-19-23-13-14-24(36)18-25(23)37/h3-18,31H,2,19H2,1H3/b28-17-/t31-/m1/s1. The van der Waals surface area contributed by atoms with Crippen LogP contribution in [0.15, 0.2) is 106 Å². The maximum atomic E-state index is 14.2. The molecule has 1 aliphatic heterocycles. The van der Waals surface area contributed by atoms with Crippen molar-refractivity contribution in [1.82, 2.24) is 4.57 Å². The number of esters is 1. The van der Waals surface area contributed by atoms with E-state index in [1.54, 1.807) is 23.6 Å². The third-order valence-electron chi connectivity index (χ3n) is 7.19. The van der Waals surface area contributed by atoms with E-state index in [1.165, 1.54) is 11.3 Å². The Morgan fingerprint density at radius 1 is 0.978 bits per heavy atom. The molecule has 4 aromatic carbocycles. The van der Waals surface area contributed by atoms with Crippen LogP contribution in [0.25, 0.3) is 11.8 Å². The lowest BCUT2D eigenvalue weighted by atomic mass is 9.93. The van der Waals surface area contributed by atoms with Crippen LogP contribution in [-0.4, -0.2) is 17.1 Å². The molecule has 6 nitrogen and oxygen atoms in total. The molecule has 0 spiro atoms. The lowest BCUT2D eigenvalue weighted by Gasteiger charge is -2.25. The van der Waals surface area contributed by atoms with Gasteiger partial charge in [-0.25, -0.2) is 9.79 Å². The maximum Gasteiger partial charge on any atom is 0.338 e. The van der Waals surface area contributed by atoms with E-state index in [4.69, 9.17) is 37.7 Å². The van der Waals surface area contributed by atoms with Gasteiger partial charge in [0, 0.05) is 21.2 Å². The molecule has 2 heterocycles. The van der Waals surface area contributed by atoms with Crippen LogP contribution in [0, 0.1) is 7.14 Å². The summed E-state index contributed by atoms with van der Waals surface area (Å²) in [7, 11) is 0. The first kappa shape index (κ1) is 33.0. The van der Waals surface area contributed by atoms with Crippen molar-refractivity contribution in [1.29, 1.82) is 0 Å². The van der Waals surface area contributed by atoms with Crippen molar-refractivity contribution in [3.8, 4) is 5.75 Å². The summed E-state index contributed by atoms with van der Waals surface area (Å²) in [5, 5.41) is 1.11. The molecule has 0 aliphatic carbocycles. The van der Waals surface area contributed by atoms with Gasteiger partial charge in [-0.15, -0.1) is 0 Å². The molecule has 0 unspecified atom stereocenters. The first-order valence-corrected chi connectivity index (χ1v) is 17.9. The first-order valence-electron chi connectivity index (χ1n) is 14.1. The van der Waals surface area contributed by atoms with Gasteiger partial charge in [0.2, 0.25) is 0 Å². The summed E-state index contributed by atoms with van der Waals surface area (Å²) in [5.74, 6) is 0.217. The minimum Gasteiger partial charge on any atom is -0.487 e. The first-order chi connectivity index (χ1) is 22.2. The molecule has 11 heteroatoms. The average Bonchev–Trinajstić information content (AvgIpc) is 3.35. The Hall–Kier alpha value is -2.97. The van der Waals surface area contributed by atoms with Gasteiger partial charge in [-0.1, -0.05) is 101 Å². The summed E-state index contributed by atoms with van der Waals surface area (Å²) >= 11 is 18.1. The lowest BCUT2D eigenvalue weighted by molar-refractivity contribution is -0.138. The number of carbonyl (C=O) groups excluding carboxylic acids is 1. The number of benzene rings is 4. The highest BCUT2D eigenvalue weighted by atomic mass is 127. The van der Waals surface area contributed by atoms with Crippen LogP contribution in [0.3, 0.4) is 0 Å². The van der Waals surface area contributed by atoms with Gasteiger partial charge in [0.1, 0.15) is 12.4 Å². The van der Waals surface area contributed by atoms with Crippen molar-refractivity contribution in [2.45, 2.75) is 19.6 Å². The van der Waals surface area contributed by atoms with Gasteiger partial charge in [0.25, 0.3) is 5.56 Å². The summed E-state index contributed by atoms with van der Waals surface area (Å²) in [6.45, 7) is 2.24. The number of carbonyl (C=O) groups is 1. The fourth-order valence-electron chi connectivity index (χ4n) is 5.13. The second-order valence-electron chi connectivity index (χ2n) is 10.2. The number of hydrogen-bond donors (Lipinski definition) is 0. The Morgan fingerprint density at radius 2 is 1.65 bits per heavy atom. The van der Waals surface area contributed by atoms with Gasteiger partial charge in [0.15, 0.2) is 4.80 Å². The predicted molar refractivity (Wildman–Crippen MR) is 200 cm³/mol. The van der Waals surface area contributed by atoms with Crippen molar-refractivity contribution < 1.29 is 14.3 Å². The second kappa shape index (κ2) is 14.4. The molecule has 0 fully saturated rings. The average molecular weight is 893 g/mol. The van der Waals surface area contributed by atoms with Gasteiger partial charge >= 0.3 is 5.97 Å². The van der Waals surface area contributed by atoms with Crippen LogP contribution in [0.2, 0.25) is 10.0 Å². The highest BCUT2D eigenvalue weighted by Gasteiger charge is 2.35. The molecule has 0 saturated heterocycles. The summed E-state index contributed by atoms with van der Waals surface area (Å²) in [6.07, 6.45) is 1.85. The molecule has 0 N–H and O–H groups in total. The van der Waals surface area contributed by atoms with Crippen LogP contribution in [-0.2, 0) is 16.1 Å². The summed E-state index contributed by atoms with van der Waals surface area (Å²) < 4.78 is 15.6. The molecule has 1 aliphatic rings. The molecule has 1 aromatic heterocycles. The van der Waals surface area contributed by atoms with Crippen molar-refractivity contribution in [3.63, 3.8) is 0 Å². The van der Waals surface area contributed by atoms with Crippen molar-refractivity contribution in [2.75, 3.05) is 6.61 Å². The summed E-state index contributed by atoms with van der Waals surface area (Å²) in [5.41, 5.74) is 3.79. The Balaban J connectivity index is 1.45. The third-order valence-corrected chi connectivity index (χ3v) is 10.4. The number of rotatable bonds is 8. The molecule has 46 heavy (non-hydrogen) atoms. The maximum absolute atomic E-state index is 14.2. The zero-order chi connectivity index (χ0) is 32.4. The van der Waals surface area contributed by atoms with E-state index in [0.717, 1.165) is 35.1 Å². The monoisotopic (exact) mass is 892 g/mol. The molecule has 1 atom stereocenters. The van der Waals surface area contributed by atoms with E-state index in [9.17, 15) is 9.59 Å². The molecule has 0 radical (unpaired) electrons. The Kier molecular flexibility index (Phi) is 10.3. The van der Waals surface area contributed by atoms with E-state index in [2.05, 4.69) is 45.2 Å². The normalized spacial score (nSPS) is 14.5. The van der Waals surface area contributed by atoms with Gasteiger partial charge < -0.3 is 9.47 Å². The number of aromatic nitrogens is 1. The van der Waals surface area contributed by atoms with Crippen LogP contribution < -0.4 is 19.6 Å². The molecular weight excluding hydrogens is 869 g/mol. The summed E-state index contributed by atoms with van der Waals surface area (Å²) in [6, 6.07) is 27.6. The number of hydrogen-bond acceptors (Lipinski definition) is 6. The quantitative estimate of drug-likeness (QED) is 0.117. The van der Waals surface area contributed by atoms with E-state index >= 15 is 0 Å². The van der Waals surface area contributed by atoms with Crippen molar-refractivity contribution in [3.05, 3.63) is 156 Å². The number of thiazole rings is 1. The van der Waals surface area contributed by atoms with Gasteiger partial charge in [-0.3, -0.25) is 9.36 Å². The highest BCUT2D eigenvalue weighted by Crippen LogP contribution is 2.35. The van der Waals surface area contributed by atoms with Crippen molar-refractivity contribution in [2.24, 2.45) is 4.99 Å². The van der Waals surface area contributed by atoms with Crippen LogP contribution in [0.5, 0.6) is 5.75 Å². The van der Waals surface area contributed by atoms with E-state index < -0.39 is 12.0 Å². The molecule has 0 bridgehead atoms. The molecule has 5 aromatic rings. The smallest absolute Gasteiger partial charge is 0.338 e. The zero-order valence-corrected chi connectivity index (χ0v) is 30.8. The molecule has 0 amide bonds. The van der Waals surface area contributed by atoms with Crippen molar-refractivity contribution >= 4 is 97.5 Å². The fraction of sp³-hybridized carbons (Fsp3) is 0.114. The number of ether oxygens (including phenoxy) is 2. The molecule has 232 valence electrons. The molecule has 0 saturated carbocycles. The molecular formula is C35H24Cl2I2N2O4S. The highest BCUT2D eigenvalue weighted by molar-refractivity contribution is 14.1. The number of fused-ring (bicyclic) bond motifs is 1. The Labute approximate surface area is 306 Å². The van der Waals surface area contributed by atoms with Crippen LogP contribution in [0.1, 0.15) is 35.2 Å². The largest absolute Gasteiger partial charge is 0.487 e. The minimum absolute atomic E-state index is 0.194. The third kappa shape index (κ3) is 6.84. The van der Waals surface area contributed by atoms with E-state index in [-0.39, 0.29) is 18.8 Å². The van der Waals surface area contributed by atoms with Gasteiger partial charge in [-0.2, -0.15) is 0 Å². The minimum atomic E-state index is -0.718. The SMILES string of the molecule is CCOC(=O)C1=C(c2ccccc2)N=c2s/c(=C\c3cc(I)c(OCc4ccc(Cl)cc4Cl)c(I)c3)c(=O)n2[C@@H]1c1ccccc1. The van der Waals surface area contributed by atoms with Gasteiger partial charge in [0.05, 0.1) is 35.6 Å². The number of halogens is 4. The van der Waals surface area contributed by atoms with Gasteiger partial charge in [-0.05, 0) is 93.6 Å². The Morgan fingerprint density at radius 3 is 2.30 bits per heavy atom. The van der Waals surface area contributed by atoms with E-state index in [0.29, 0.717) is 30.6 Å². The fourth-order valence-corrected chi connectivity index (χ4v) is 8.72. The second-order valence-corrected chi connectivity index (χ2v) is 14.4. The predicted octanol–water partition coefficient (Wildman–Crippen LogP) is 8.03. The van der Waals surface area contributed by atoms with Crippen LogP contribution >= 0.6 is 79.7 Å². The molecule has 6 rings (SSSR count).